The maximum absolute atomic E-state index is 8.88. The molecule has 4 aromatic rings. The highest BCUT2D eigenvalue weighted by molar-refractivity contribution is 7.71. The number of H-pyrrole nitrogens is 1. The molecule has 27 heavy (non-hydrogen) atoms. The van der Waals surface area contributed by atoms with Gasteiger partial charge in [-0.05, 0) is 46.2 Å². The number of rotatable bonds is 4. The van der Waals surface area contributed by atoms with Gasteiger partial charge in [-0.1, -0.05) is 54.6 Å². The molecule has 0 saturated carbocycles. The molecule has 0 aliphatic rings. The first kappa shape index (κ1) is 16.9. The number of aromatic amines is 1. The molecule has 5 nitrogen and oxygen atoms in total. The molecule has 1 N–H and O–H groups in total. The van der Waals surface area contributed by atoms with Crippen LogP contribution in [0, 0.1) is 16.1 Å². The van der Waals surface area contributed by atoms with Crippen LogP contribution in [0.4, 0.5) is 0 Å². The lowest BCUT2D eigenvalue weighted by molar-refractivity contribution is 0.793. The van der Waals surface area contributed by atoms with Crippen LogP contribution in [0.15, 0.2) is 71.8 Å². The first-order chi connectivity index (χ1) is 13.2. The minimum atomic E-state index is 0.440. The first-order valence-corrected chi connectivity index (χ1v) is 8.83. The minimum Gasteiger partial charge on any atom is -0.250 e. The summed E-state index contributed by atoms with van der Waals surface area (Å²) in [4.78, 5) is 0. The second-order valence-electron chi connectivity index (χ2n) is 6.05. The van der Waals surface area contributed by atoms with Gasteiger partial charge in [-0.3, -0.25) is 5.10 Å². The Kier molecular flexibility index (Phi) is 4.60. The predicted molar refractivity (Wildman–Crippen MR) is 108 cm³/mol. The van der Waals surface area contributed by atoms with Crippen LogP contribution < -0.4 is 0 Å². The number of hydrogen-bond acceptors (Lipinski definition) is 4. The molecule has 0 saturated heterocycles. The molecule has 0 aliphatic carbocycles. The average molecular weight is 369 g/mol. The molecular formula is C21H15N5S. The Morgan fingerprint density at radius 2 is 1.85 bits per heavy atom. The van der Waals surface area contributed by atoms with Crippen LogP contribution in [0.3, 0.4) is 0 Å². The molecule has 3 aromatic carbocycles. The highest BCUT2D eigenvalue weighted by Crippen LogP contribution is 2.20. The zero-order valence-corrected chi connectivity index (χ0v) is 15.1. The number of nitriles is 1. The second-order valence-corrected chi connectivity index (χ2v) is 6.44. The zero-order chi connectivity index (χ0) is 18.6. The molecule has 0 fully saturated rings. The van der Waals surface area contributed by atoms with Crippen LogP contribution >= 0.6 is 12.2 Å². The van der Waals surface area contributed by atoms with E-state index in [0.29, 0.717) is 16.8 Å². The summed E-state index contributed by atoms with van der Waals surface area (Å²) < 4.78 is 2.07. The molecule has 1 aromatic heterocycles. The molecule has 0 spiro atoms. The van der Waals surface area contributed by atoms with Crippen molar-refractivity contribution in [2.45, 2.75) is 6.42 Å². The molecule has 0 unspecified atom stereocenters. The topological polar surface area (TPSA) is 69.8 Å². The molecule has 1 heterocycles. The van der Waals surface area contributed by atoms with Crippen LogP contribution in [-0.2, 0) is 6.42 Å². The Labute approximate surface area is 161 Å². The number of aromatic nitrogens is 3. The van der Waals surface area contributed by atoms with Gasteiger partial charge in [-0.2, -0.15) is 20.1 Å². The van der Waals surface area contributed by atoms with Gasteiger partial charge in [0, 0.05) is 6.42 Å². The van der Waals surface area contributed by atoms with Gasteiger partial charge in [-0.25, -0.2) is 0 Å². The van der Waals surface area contributed by atoms with Gasteiger partial charge >= 0.3 is 0 Å². The number of fused-ring (bicyclic) bond motifs is 1. The highest BCUT2D eigenvalue weighted by atomic mass is 32.1. The standard InChI is InChI=1S/C21H15N5S/c22-13-15-8-10-16(11-9-15)14-23-26-20(24-25-21(26)27)12-18-6-3-5-17-4-1-2-7-19(17)18/h1-11,14H,12H2,(H,25,27)/b23-14-. The van der Waals surface area contributed by atoms with E-state index in [9.17, 15) is 0 Å². The molecule has 0 aliphatic heterocycles. The van der Waals surface area contributed by atoms with E-state index in [2.05, 4.69) is 45.6 Å². The third kappa shape index (κ3) is 3.54. The van der Waals surface area contributed by atoms with E-state index in [-0.39, 0.29) is 0 Å². The maximum atomic E-state index is 8.88. The van der Waals surface area contributed by atoms with Crippen LogP contribution in [0.5, 0.6) is 0 Å². The summed E-state index contributed by atoms with van der Waals surface area (Å²) >= 11 is 5.33. The molecule has 6 heteroatoms. The Hall–Kier alpha value is -3.56. The summed E-state index contributed by atoms with van der Waals surface area (Å²) in [6, 6.07) is 23.8. The lowest BCUT2D eigenvalue weighted by atomic mass is 10.0. The number of benzene rings is 3. The van der Waals surface area contributed by atoms with Crippen LogP contribution in [0.1, 0.15) is 22.5 Å². The lowest BCUT2D eigenvalue weighted by Gasteiger charge is -2.06. The van der Waals surface area contributed by atoms with Crippen molar-refractivity contribution in [3.05, 3.63) is 94.0 Å². The minimum absolute atomic E-state index is 0.440. The Morgan fingerprint density at radius 1 is 1.07 bits per heavy atom. The summed E-state index contributed by atoms with van der Waals surface area (Å²) in [6.45, 7) is 0. The molecule has 0 bridgehead atoms. The third-order valence-corrected chi connectivity index (χ3v) is 4.57. The van der Waals surface area contributed by atoms with E-state index >= 15 is 0 Å². The van der Waals surface area contributed by atoms with E-state index < -0.39 is 0 Å². The van der Waals surface area contributed by atoms with Gasteiger partial charge in [0.15, 0.2) is 5.82 Å². The normalized spacial score (nSPS) is 11.1. The van der Waals surface area contributed by atoms with Crippen molar-refractivity contribution < 1.29 is 0 Å². The van der Waals surface area contributed by atoms with Gasteiger partial charge in [0.2, 0.25) is 4.77 Å². The summed E-state index contributed by atoms with van der Waals surface area (Å²) in [6.07, 6.45) is 2.32. The quantitative estimate of drug-likeness (QED) is 0.427. The summed E-state index contributed by atoms with van der Waals surface area (Å²) in [5, 5.41) is 22.9. The van der Waals surface area contributed by atoms with E-state index in [1.807, 2.05) is 30.3 Å². The Bertz CT molecular complexity index is 1220. The van der Waals surface area contributed by atoms with E-state index in [4.69, 9.17) is 17.5 Å². The van der Waals surface area contributed by atoms with Crippen molar-refractivity contribution in [3.63, 3.8) is 0 Å². The highest BCUT2D eigenvalue weighted by Gasteiger charge is 2.09. The van der Waals surface area contributed by atoms with Gasteiger partial charge in [-0.15, -0.1) is 0 Å². The fraction of sp³-hybridized carbons (Fsp3) is 0.0476. The average Bonchev–Trinajstić information content (AvgIpc) is 3.06. The third-order valence-electron chi connectivity index (χ3n) is 4.31. The maximum Gasteiger partial charge on any atom is 0.216 e. The van der Waals surface area contributed by atoms with Crippen molar-refractivity contribution in [2.24, 2.45) is 5.10 Å². The van der Waals surface area contributed by atoms with Crippen molar-refractivity contribution in [2.75, 3.05) is 0 Å². The zero-order valence-electron chi connectivity index (χ0n) is 14.3. The Morgan fingerprint density at radius 3 is 2.67 bits per heavy atom. The number of nitrogens with zero attached hydrogens (tertiary/aromatic N) is 4. The van der Waals surface area contributed by atoms with E-state index in [1.54, 1.807) is 23.0 Å². The van der Waals surface area contributed by atoms with Crippen molar-refractivity contribution in [3.8, 4) is 6.07 Å². The van der Waals surface area contributed by atoms with Crippen LogP contribution in [-0.4, -0.2) is 21.1 Å². The van der Waals surface area contributed by atoms with Gasteiger partial charge in [0.1, 0.15) is 0 Å². The van der Waals surface area contributed by atoms with Crippen LogP contribution in [0.2, 0.25) is 0 Å². The Balaban J connectivity index is 1.66. The van der Waals surface area contributed by atoms with Crippen molar-refractivity contribution >= 4 is 29.2 Å². The summed E-state index contributed by atoms with van der Waals surface area (Å²) in [5.41, 5.74) is 2.66. The lowest BCUT2D eigenvalue weighted by Crippen LogP contribution is -2.01. The molecule has 0 amide bonds. The molecule has 130 valence electrons. The number of hydrogen-bond donors (Lipinski definition) is 1. The van der Waals surface area contributed by atoms with Crippen molar-refractivity contribution in [1.29, 1.82) is 5.26 Å². The fourth-order valence-electron chi connectivity index (χ4n) is 2.94. The molecule has 0 radical (unpaired) electrons. The summed E-state index contributed by atoms with van der Waals surface area (Å²) in [7, 11) is 0. The second kappa shape index (κ2) is 7.36. The van der Waals surface area contributed by atoms with Crippen LogP contribution in [0.25, 0.3) is 10.8 Å². The summed E-state index contributed by atoms with van der Waals surface area (Å²) in [5.74, 6) is 0.737. The number of nitrogens with one attached hydrogen (secondary N) is 1. The molecule has 4 rings (SSSR count). The van der Waals surface area contributed by atoms with Crippen molar-refractivity contribution in [1.82, 2.24) is 14.9 Å². The monoisotopic (exact) mass is 369 g/mol. The van der Waals surface area contributed by atoms with Gasteiger partial charge in [0.25, 0.3) is 0 Å². The first-order valence-electron chi connectivity index (χ1n) is 8.42. The molecular weight excluding hydrogens is 354 g/mol. The fourth-order valence-corrected chi connectivity index (χ4v) is 3.14. The predicted octanol–water partition coefficient (Wildman–Crippen LogP) is 4.44. The smallest absolute Gasteiger partial charge is 0.216 e. The van der Waals surface area contributed by atoms with E-state index in [1.165, 1.54) is 10.8 Å². The molecule has 0 atom stereocenters. The van der Waals surface area contributed by atoms with Gasteiger partial charge in [0.05, 0.1) is 17.8 Å². The largest absolute Gasteiger partial charge is 0.250 e. The van der Waals surface area contributed by atoms with Gasteiger partial charge < -0.3 is 0 Å². The van der Waals surface area contributed by atoms with E-state index in [0.717, 1.165) is 17.0 Å². The SMILES string of the molecule is N#Cc1ccc(/C=N\n2c(Cc3cccc4ccccc34)n[nH]c2=S)cc1.